The maximum atomic E-state index is 12.6. The van der Waals surface area contributed by atoms with Gasteiger partial charge >= 0.3 is 5.97 Å². The van der Waals surface area contributed by atoms with E-state index in [-0.39, 0.29) is 11.5 Å². The molecule has 2 aromatic carbocycles. The summed E-state index contributed by atoms with van der Waals surface area (Å²) in [6.07, 6.45) is 0. The van der Waals surface area contributed by atoms with Gasteiger partial charge in [0.15, 0.2) is 0 Å². The van der Waals surface area contributed by atoms with Crippen LogP contribution in [0.15, 0.2) is 48.5 Å². The smallest absolute Gasteiger partial charge is 0.335 e. The molecule has 0 spiro atoms. The Bertz CT molecular complexity index is 709. The Morgan fingerprint density at radius 2 is 1.68 bits per heavy atom. The molecule has 3 rings (SSSR count). The van der Waals surface area contributed by atoms with Crippen LogP contribution in [0.2, 0.25) is 0 Å². The highest BCUT2D eigenvalue weighted by atomic mass is 16.5. The highest BCUT2D eigenvalue weighted by molar-refractivity contribution is 5.96. The summed E-state index contributed by atoms with van der Waals surface area (Å²) in [5, 5.41) is 8.90. The summed E-state index contributed by atoms with van der Waals surface area (Å²) in [7, 11) is 0. The Kier molecular flexibility index (Phi) is 3.78. The van der Waals surface area contributed by atoms with E-state index < -0.39 is 5.97 Å². The van der Waals surface area contributed by atoms with Gasteiger partial charge in [0, 0.05) is 17.7 Å². The van der Waals surface area contributed by atoms with Crippen LogP contribution in [0.3, 0.4) is 0 Å². The molecule has 1 aliphatic rings. The fraction of sp³-hybridized carbons (Fsp3) is 0.176. The SMILES string of the molecule is O=C(O)c1ccc(C(=O)N2CCOc3ccccc3C2)cc1. The quantitative estimate of drug-likeness (QED) is 0.924. The highest BCUT2D eigenvalue weighted by Crippen LogP contribution is 2.23. The number of carboxylic acids is 1. The largest absolute Gasteiger partial charge is 0.491 e. The minimum atomic E-state index is -1.00. The minimum absolute atomic E-state index is 0.128. The van der Waals surface area contributed by atoms with Gasteiger partial charge in [-0.15, -0.1) is 0 Å². The first-order valence-corrected chi connectivity index (χ1v) is 6.98. The molecule has 1 N–H and O–H groups in total. The number of hydrogen-bond acceptors (Lipinski definition) is 3. The molecule has 2 aromatic rings. The molecule has 0 bridgehead atoms. The number of ether oxygens (including phenoxy) is 1. The molecule has 1 amide bonds. The number of benzene rings is 2. The normalized spacial score (nSPS) is 13.7. The van der Waals surface area contributed by atoms with Gasteiger partial charge in [0.2, 0.25) is 0 Å². The molecule has 0 aliphatic carbocycles. The number of carboxylic acid groups (broad SMARTS) is 1. The summed E-state index contributed by atoms with van der Waals surface area (Å²) in [6, 6.07) is 13.6. The molecule has 0 aromatic heterocycles. The van der Waals surface area contributed by atoms with Crippen molar-refractivity contribution >= 4 is 11.9 Å². The van der Waals surface area contributed by atoms with Crippen LogP contribution >= 0.6 is 0 Å². The second kappa shape index (κ2) is 5.89. The summed E-state index contributed by atoms with van der Waals surface area (Å²) in [5.41, 5.74) is 1.61. The average molecular weight is 297 g/mol. The van der Waals surface area contributed by atoms with Crippen molar-refractivity contribution in [3.63, 3.8) is 0 Å². The molecule has 0 saturated heterocycles. The van der Waals surface area contributed by atoms with Crippen molar-refractivity contribution in [1.82, 2.24) is 4.90 Å². The van der Waals surface area contributed by atoms with Crippen molar-refractivity contribution in [3.05, 3.63) is 65.2 Å². The Labute approximate surface area is 127 Å². The lowest BCUT2D eigenvalue weighted by molar-refractivity contribution is 0.0692. The van der Waals surface area contributed by atoms with Crippen LogP contribution in [-0.4, -0.2) is 35.0 Å². The molecule has 5 heteroatoms. The molecule has 0 radical (unpaired) electrons. The summed E-state index contributed by atoms with van der Waals surface area (Å²) < 4.78 is 5.64. The fourth-order valence-electron chi connectivity index (χ4n) is 2.44. The summed E-state index contributed by atoms with van der Waals surface area (Å²) >= 11 is 0. The van der Waals surface area contributed by atoms with Gasteiger partial charge in [0.25, 0.3) is 5.91 Å². The van der Waals surface area contributed by atoms with Gasteiger partial charge in [-0.2, -0.15) is 0 Å². The second-order valence-corrected chi connectivity index (χ2v) is 5.07. The van der Waals surface area contributed by atoms with Gasteiger partial charge in [-0.05, 0) is 30.3 Å². The molecule has 1 aliphatic heterocycles. The third-order valence-corrected chi connectivity index (χ3v) is 3.62. The molecule has 112 valence electrons. The molecule has 5 nitrogen and oxygen atoms in total. The Morgan fingerprint density at radius 3 is 2.41 bits per heavy atom. The number of carbonyl (C=O) groups is 2. The van der Waals surface area contributed by atoms with Gasteiger partial charge in [-0.1, -0.05) is 18.2 Å². The van der Waals surface area contributed by atoms with Gasteiger partial charge in [-0.3, -0.25) is 4.79 Å². The van der Waals surface area contributed by atoms with Crippen LogP contribution in [0, 0.1) is 0 Å². The molecule has 22 heavy (non-hydrogen) atoms. The van der Waals surface area contributed by atoms with E-state index in [0.717, 1.165) is 11.3 Å². The number of para-hydroxylation sites is 1. The third-order valence-electron chi connectivity index (χ3n) is 3.62. The first kappa shape index (κ1) is 14.1. The lowest BCUT2D eigenvalue weighted by Gasteiger charge is -2.20. The predicted molar refractivity (Wildman–Crippen MR) is 80.1 cm³/mol. The van der Waals surface area contributed by atoms with Crippen molar-refractivity contribution in [2.24, 2.45) is 0 Å². The van der Waals surface area contributed by atoms with Crippen molar-refractivity contribution in [2.45, 2.75) is 6.54 Å². The lowest BCUT2D eigenvalue weighted by atomic mass is 10.1. The average Bonchev–Trinajstić information content (AvgIpc) is 2.76. The van der Waals surface area contributed by atoms with Gasteiger partial charge in [0.1, 0.15) is 12.4 Å². The minimum Gasteiger partial charge on any atom is -0.491 e. The number of fused-ring (bicyclic) bond motifs is 1. The zero-order valence-corrected chi connectivity index (χ0v) is 11.9. The summed E-state index contributed by atoms with van der Waals surface area (Å²) in [6.45, 7) is 1.42. The highest BCUT2D eigenvalue weighted by Gasteiger charge is 2.20. The Morgan fingerprint density at radius 1 is 1.00 bits per heavy atom. The fourth-order valence-corrected chi connectivity index (χ4v) is 2.44. The second-order valence-electron chi connectivity index (χ2n) is 5.07. The van der Waals surface area contributed by atoms with Gasteiger partial charge in [-0.25, -0.2) is 4.79 Å². The molecular weight excluding hydrogens is 282 g/mol. The van der Waals surface area contributed by atoms with E-state index in [0.29, 0.717) is 25.3 Å². The summed E-state index contributed by atoms with van der Waals surface area (Å²) in [4.78, 5) is 25.1. The first-order chi connectivity index (χ1) is 10.6. The van der Waals surface area contributed by atoms with E-state index >= 15 is 0 Å². The maximum Gasteiger partial charge on any atom is 0.335 e. The predicted octanol–water partition coefficient (Wildman–Crippen LogP) is 2.42. The zero-order valence-electron chi connectivity index (χ0n) is 11.9. The van der Waals surface area contributed by atoms with Crippen molar-refractivity contribution in [3.8, 4) is 5.75 Å². The molecule has 0 unspecified atom stereocenters. The number of aromatic carboxylic acids is 1. The van der Waals surface area contributed by atoms with E-state index in [1.807, 2.05) is 24.3 Å². The van der Waals surface area contributed by atoms with Crippen LogP contribution in [0.25, 0.3) is 0 Å². The van der Waals surface area contributed by atoms with E-state index in [2.05, 4.69) is 0 Å². The lowest BCUT2D eigenvalue weighted by Crippen LogP contribution is -2.32. The van der Waals surface area contributed by atoms with E-state index in [9.17, 15) is 9.59 Å². The molecule has 0 atom stereocenters. The van der Waals surface area contributed by atoms with Crippen LogP contribution < -0.4 is 4.74 Å². The molecule has 1 heterocycles. The number of rotatable bonds is 2. The number of carbonyl (C=O) groups excluding carboxylic acids is 1. The van der Waals surface area contributed by atoms with Gasteiger partial charge < -0.3 is 14.7 Å². The third kappa shape index (κ3) is 2.79. The molecular formula is C17H15NO4. The first-order valence-electron chi connectivity index (χ1n) is 6.98. The van der Waals surface area contributed by atoms with Crippen LogP contribution in [0.1, 0.15) is 26.3 Å². The number of hydrogen-bond donors (Lipinski definition) is 1. The topological polar surface area (TPSA) is 66.8 Å². The standard InChI is InChI=1S/C17H15NO4/c19-16(12-5-7-13(8-6-12)17(20)21)18-9-10-22-15-4-2-1-3-14(15)11-18/h1-8H,9-11H2,(H,20,21). The molecule has 0 saturated carbocycles. The monoisotopic (exact) mass is 297 g/mol. The summed E-state index contributed by atoms with van der Waals surface area (Å²) in [5.74, 6) is -0.327. The maximum absolute atomic E-state index is 12.6. The van der Waals surface area contributed by atoms with Gasteiger partial charge in [0.05, 0.1) is 12.1 Å². The molecule has 0 fully saturated rings. The van der Waals surface area contributed by atoms with Crippen molar-refractivity contribution in [2.75, 3.05) is 13.2 Å². The number of nitrogens with zero attached hydrogens (tertiary/aromatic N) is 1. The zero-order chi connectivity index (χ0) is 15.5. The Balaban J connectivity index is 1.81. The van der Waals surface area contributed by atoms with E-state index in [1.165, 1.54) is 12.1 Å². The van der Waals surface area contributed by atoms with Crippen molar-refractivity contribution in [1.29, 1.82) is 0 Å². The van der Waals surface area contributed by atoms with Crippen molar-refractivity contribution < 1.29 is 19.4 Å². The van der Waals surface area contributed by atoms with Crippen LogP contribution in [0.4, 0.5) is 0 Å². The Hall–Kier alpha value is -2.82. The van der Waals surface area contributed by atoms with E-state index in [1.54, 1.807) is 17.0 Å². The van der Waals surface area contributed by atoms with Crippen LogP contribution in [-0.2, 0) is 6.54 Å². The number of amides is 1. The van der Waals surface area contributed by atoms with Crippen LogP contribution in [0.5, 0.6) is 5.75 Å². The van der Waals surface area contributed by atoms with E-state index in [4.69, 9.17) is 9.84 Å².